The average Bonchev–Trinajstić information content (AvgIpc) is 3.02. The zero-order valence-corrected chi connectivity index (χ0v) is 21.4. The van der Waals surface area contributed by atoms with Gasteiger partial charge >= 0.3 is 26.2 Å². The molecule has 0 aliphatic carbocycles. The summed E-state index contributed by atoms with van der Waals surface area (Å²) < 4.78 is 0. The molecule has 24 heavy (non-hydrogen) atoms. The van der Waals surface area contributed by atoms with Crippen LogP contribution in [0.25, 0.3) is 0 Å². The van der Waals surface area contributed by atoms with Crippen LogP contribution in [0.2, 0.25) is 13.1 Å². The van der Waals surface area contributed by atoms with Crippen LogP contribution in [0.5, 0.6) is 0 Å². The molecule has 0 unspecified atom stereocenters. The SMILES string of the molecule is CCCc1cc[c-](C)c1.CCCc1cc[c-](C)c1.C[SiH]C.Cl.Cl.[Zr+2]. The number of aryl methyl sites for hydroxylation is 4. The van der Waals surface area contributed by atoms with E-state index in [9.17, 15) is 0 Å². The van der Waals surface area contributed by atoms with Crippen molar-refractivity contribution >= 4 is 34.3 Å². The minimum absolute atomic E-state index is 0. The molecule has 0 saturated heterocycles. The van der Waals surface area contributed by atoms with Crippen molar-refractivity contribution in [2.75, 3.05) is 0 Å². The molecule has 0 bridgehead atoms. The largest absolute Gasteiger partial charge is 2.00 e. The van der Waals surface area contributed by atoms with E-state index in [0.717, 1.165) is 9.52 Å². The molecular formula is C20H35Cl2SiZr. The van der Waals surface area contributed by atoms with E-state index in [1.807, 2.05) is 0 Å². The second-order valence-electron chi connectivity index (χ2n) is 5.67. The Morgan fingerprint density at radius 1 is 0.792 bits per heavy atom. The van der Waals surface area contributed by atoms with Gasteiger partial charge in [-0.05, 0) is 0 Å². The van der Waals surface area contributed by atoms with E-state index in [1.165, 1.54) is 47.9 Å². The second kappa shape index (κ2) is 21.4. The molecule has 0 fully saturated rings. The van der Waals surface area contributed by atoms with Gasteiger partial charge in [0.2, 0.25) is 0 Å². The smallest absolute Gasteiger partial charge is 0.210 e. The van der Waals surface area contributed by atoms with E-state index < -0.39 is 0 Å². The molecule has 0 heterocycles. The Morgan fingerprint density at radius 2 is 1.08 bits per heavy atom. The Bertz CT molecular complexity index is 421. The predicted octanol–water partition coefficient (Wildman–Crippen LogP) is 6.69. The average molecular weight is 466 g/mol. The van der Waals surface area contributed by atoms with E-state index in [-0.39, 0.29) is 51.0 Å². The van der Waals surface area contributed by atoms with Crippen molar-refractivity contribution in [3.05, 3.63) is 58.7 Å². The van der Waals surface area contributed by atoms with Crippen molar-refractivity contribution in [1.82, 2.24) is 0 Å². The topological polar surface area (TPSA) is 0 Å². The second-order valence-corrected chi connectivity index (χ2v) is 6.83. The summed E-state index contributed by atoms with van der Waals surface area (Å²) >= 11 is 0. The monoisotopic (exact) mass is 463 g/mol. The van der Waals surface area contributed by atoms with Gasteiger partial charge in [0.05, 0.1) is 0 Å². The zero-order chi connectivity index (χ0) is 16.1. The molecule has 0 aromatic heterocycles. The summed E-state index contributed by atoms with van der Waals surface area (Å²) in [6.45, 7) is 13.1. The van der Waals surface area contributed by atoms with Gasteiger partial charge in [-0.1, -0.05) is 66.5 Å². The predicted molar refractivity (Wildman–Crippen MR) is 115 cm³/mol. The van der Waals surface area contributed by atoms with Gasteiger partial charge < -0.3 is 0 Å². The van der Waals surface area contributed by atoms with Crippen LogP contribution in [0.15, 0.2) is 36.4 Å². The summed E-state index contributed by atoms with van der Waals surface area (Å²) in [5.41, 5.74) is 5.74. The van der Waals surface area contributed by atoms with Crippen molar-refractivity contribution < 1.29 is 26.2 Å². The maximum Gasteiger partial charge on any atom is 2.00 e. The van der Waals surface area contributed by atoms with Gasteiger partial charge in [0, 0.05) is 9.52 Å². The van der Waals surface area contributed by atoms with Crippen molar-refractivity contribution in [2.45, 2.75) is 66.5 Å². The summed E-state index contributed by atoms with van der Waals surface area (Å²) in [6.07, 6.45) is 4.97. The first kappa shape index (κ1) is 32.1. The first-order valence-corrected chi connectivity index (χ1v) is 10.6. The zero-order valence-electron chi connectivity index (χ0n) is 16.2. The molecular weight excluding hydrogens is 430 g/mol. The Morgan fingerprint density at radius 3 is 1.25 bits per heavy atom. The van der Waals surface area contributed by atoms with Gasteiger partial charge in [-0.3, -0.25) is 0 Å². The minimum atomic E-state index is 0. The Hall–Kier alpha value is 0.380. The normalized spacial score (nSPS) is 8.25. The van der Waals surface area contributed by atoms with E-state index in [1.54, 1.807) is 0 Å². The molecule has 2 rings (SSSR count). The van der Waals surface area contributed by atoms with E-state index in [2.05, 4.69) is 77.2 Å². The van der Waals surface area contributed by atoms with Gasteiger partial charge in [0.15, 0.2) is 0 Å². The van der Waals surface area contributed by atoms with E-state index in [4.69, 9.17) is 0 Å². The number of halogens is 2. The van der Waals surface area contributed by atoms with Gasteiger partial charge in [0.1, 0.15) is 0 Å². The first-order valence-electron chi connectivity index (χ1n) is 8.25. The van der Waals surface area contributed by atoms with Crippen LogP contribution in [0.4, 0.5) is 0 Å². The summed E-state index contributed by atoms with van der Waals surface area (Å²) in [5.74, 6) is 0. The fourth-order valence-electron chi connectivity index (χ4n) is 2.14. The Balaban J connectivity index is -0.000000130. The molecule has 0 nitrogen and oxygen atoms in total. The van der Waals surface area contributed by atoms with Crippen LogP contribution < -0.4 is 0 Å². The maximum atomic E-state index is 2.25. The quantitative estimate of drug-likeness (QED) is 0.348. The van der Waals surface area contributed by atoms with Crippen LogP contribution in [-0.4, -0.2) is 9.52 Å². The molecule has 4 heteroatoms. The van der Waals surface area contributed by atoms with E-state index in [0.29, 0.717) is 0 Å². The molecule has 2 aromatic rings. The third-order valence-corrected chi connectivity index (χ3v) is 3.02. The van der Waals surface area contributed by atoms with Crippen LogP contribution in [-0.2, 0) is 39.0 Å². The van der Waals surface area contributed by atoms with Crippen molar-refractivity contribution in [2.24, 2.45) is 0 Å². The molecule has 0 atom stereocenters. The minimum Gasteiger partial charge on any atom is -0.210 e. The van der Waals surface area contributed by atoms with E-state index >= 15 is 0 Å². The molecule has 0 spiro atoms. The van der Waals surface area contributed by atoms with Crippen LogP contribution >= 0.6 is 24.8 Å². The van der Waals surface area contributed by atoms with Gasteiger partial charge in [0.25, 0.3) is 0 Å². The Kier molecular flexibility index (Phi) is 28.6. The van der Waals surface area contributed by atoms with Crippen LogP contribution in [0.3, 0.4) is 0 Å². The van der Waals surface area contributed by atoms with Crippen molar-refractivity contribution in [3.63, 3.8) is 0 Å². The van der Waals surface area contributed by atoms with Crippen molar-refractivity contribution in [3.8, 4) is 0 Å². The van der Waals surface area contributed by atoms with Crippen LogP contribution in [0, 0.1) is 13.8 Å². The number of hydrogen-bond acceptors (Lipinski definition) is 0. The molecule has 0 aliphatic rings. The Labute approximate surface area is 184 Å². The molecule has 2 aromatic carbocycles. The fourth-order valence-corrected chi connectivity index (χ4v) is 2.14. The van der Waals surface area contributed by atoms with Crippen molar-refractivity contribution in [1.29, 1.82) is 0 Å². The van der Waals surface area contributed by atoms with Crippen LogP contribution in [0.1, 0.15) is 48.9 Å². The summed E-state index contributed by atoms with van der Waals surface area (Å²) in [5, 5.41) is 0. The molecule has 1 radical (unpaired) electrons. The summed E-state index contributed by atoms with van der Waals surface area (Å²) in [7, 11) is 0.750. The standard InChI is InChI=1S/2C9H13.C2H7Si.2ClH.Zr/c2*1-3-4-9-6-5-8(2)7-9;1-3-2;;;/h2*5-7H,3-4H2,1-2H3;3H,1-2H3;2*1H;/q2*-1;;;;+2. The third-order valence-electron chi connectivity index (χ3n) is 3.02. The van der Waals surface area contributed by atoms with Gasteiger partial charge in [-0.15, -0.1) is 24.8 Å². The fraction of sp³-hybridized carbons (Fsp3) is 0.500. The van der Waals surface area contributed by atoms with Gasteiger partial charge in [-0.2, -0.15) is 46.5 Å². The van der Waals surface area contributed by atoms with Gasteiger partial charge in [-0.25, -0.2) is 12.1 Å². The molecule has 0 aliphatic heterocycles. The molecule has 0 saturated carbocycles. The molecule has 0 amide bonds. The third kappa shape index (κ3) is 17.2. The summed E-state index contributed by atoms with van der Waals surface area (Å²) in [4.78, 5) is 0. The maximum absolute atomic E-state index is 2.25. The number of rotatable bonds is 4. The molecule has 137 valence electrons. The number of hydrogen-bond donors (Lipinski definition) is 0. The molecule has 0 N–H and O–H groups in total. The first-order chi connectivity index (χ1) is 10.1. The summed E-state index contributed by atoms with van der Waals surface area (Å²) in [6, 6.07) is 13.3.